The number of aryl methyl sites for hydroxylation is 1. The minimum atomic E-state index is -0.182. The molecule has 0 saturated heterocycles. The van der Waals surface area contributed by atoms with Crippen LogP contribution < -0.4 is 16.0 Å². The van der Waals surface area contributed by atoms with Gasteiger partial charge in [-0.25, -0.2) is 4.39 Å². The van der Waals surface area contributed by atoms with Gasteiger partial charge in [-0.15, -0.1) is 0 Å². The minimum Gasteiger partial charge on any atom is -0.356 e. The lowest BCUT2D eigenvalue weighted by molar-refractivity contribution is 0.428. The highest BCUT2D eigenvalue weighted by atomic mass is 19.1. The second-order valence-electron chi connectivity index (χ2n) is 6.42. The van der Waals surface area contributed by atoms with Crippen LogP contribution in [-0.4, -0.2) is 38.2 Å². The first-order chi connectivity index (χ1) is 10.3. The van der Waals surface area contributed by atoms with Crippen molar-refractivity contribution >= 4 is 5.96 Å². The van der Waals surface area contributed by atoms with E-state index in [1.165, 1.54) is 6.07 Å². The highest BCUT2D eigenvalue weighted by Gasteiger charge is 2.07. The predicted octanol–water partition coefficient (Wildman–Crippen LogP) is 2.23. The molecule has 0 atom stereocenters. The molecule has 1 aromatic rings. The number of nitrogens with one attached hydrogen (secondary N) is 3. The Morgan fingerprint density at radius 2 is 1.82 bits per heavy atom. The molecule has 0 radical (unpaired) electrons. The van der Waals surface area contributed by atoms with E-state index in [0.717, 1.165) is 43.1 Å². The molecule has 0 amide bonds. The zero-order valence-electron chi connectivity index (χ0n) is 14.4. The molecule has 124 valence electrons. The van der Waals surface area contributed by atoms with Crippen LogP contribution in [0.5, 0.6) is 0 Å². The van der Waals surface area contributed by atoms with Gasteiger partial charge in [-0.1, -0.05) is 6.07 Å². The van der Waals surface area contributed by atoms with Crippen LogP contribution in [0.15, 0.2) is 23.2 Å². The Balaban J connectivity index is 2.29. The van der Waals surface area contributed by atoms with E-state index in [-0.39, 0.29) is 11.4 Å². The first-order valence-corrected chi connectivity index (χ1v) is 7.76. The summed E-state index contributed by atoms with van der Waals surface area (Å²) >= 11 is 0. The number of benzene rings is 1. The molecule has 22 heavy (non-hydrogen) atoms. The van der Waals surface area contributed by atoms with Gasteiger partial charge in [0.1, 0.15) is 5.82 Å². The van der Waals surface area contributed by atoms with Gasteiger partial charge < -0.3 is 16.0 Å². The molecule has 0 aliphatic rings. The highest BCUT2D eigenvalue weighted by Crippen LogP contribution is 2.10. The van der Waals surface area contributed by atoms with Gasteiger partial charge in [0.25, 0.3) is 0 Å². The van der Waals surface area contributed by atoms with Crippen molar-refractivity contribution in [2.75, 3.05) is 26.7 Å². The Morgan fingerprint density at radius 1 is 1.14 bits per heavy atom. The SMILES string of the molecule is CN=C(NCCNC(C)(C)C)NCCc1ccc(F)cc1C. The average Bonchev–Trinajstić information content (AvgIpc) is 2.42. The van der Waals surface area contributed by atoms with Gasteiger partial charge in [0.15, 0.2) is 5.96 Å². The fourth-order valence-electron chi connectivity index (χ4n) is 2.09. The number of guanidine groups is 1. The molecule has 0 aliphatic carbocycles. The molecule has 4 nitrogen and oxygen atoms in total. The molecule has 1 aromatic carbocycles. The maximum Gasteiger partial charge on any atom is 0.191 e. The van der Waals surface area contributed by atoms with E-state index in [2.05, 4.69) is 41.7 Å². The van der Waals surface area contributed by atoms with Crippen molar-refractivity contribution in [3.63, 3.8) is 0 Å². The number of rotatable bonds is 6. The van der Waals surface area contributed by atoms with E-state index >= 15 is 0 Å². The van der Waals surface area contributed by atoms with Crippen LogP contribution in [0.3, 0.4) is 0 Å². The summed E-state index contributed by atoms with van der Waals surface area (Å²) in [5.41, 5.74) is 2.26. The van der Waals surface area contributed by atoms with Crippen molar-refractivity contribution in [1.29, 1.82) is 0 Å². The second kappa shape index (κ2) is 8.73. The summed E-state index contributed by atoms with van der Waals surface area (Å²) in [6.07, 6.45) is 0.840. The Morgan fingerprint density at radius 3 is 2.41 bits per heavy atom. The number of halogens is 1. The lowest BCUT2D eigenvalue weighted by Gasteiger charge is -2.21. The quantitative estimate of drug-likeness (QED) is 0.429. The fraction of sp³-hybridized carbons (Fsp3) is 0.588. The molecule has 0 saturated carbocycles. The molecule has 0 aliphatic heterocycles. The van der Waals surface area contributed by atoms with Crippen molar-refractivity contribution < 1.29 is 4.39 Å². The van der Waals surface area contributed by atoms with Crippen LogP contribution in [0.4, 0.5) is 4.39 Å². The van der Waals surface area contributed by atoms with Crippen LogP contribution in [0.1, 0.15) is 31.9 Å². The monoisotopic (exact) mass is 308 g/mol. The Bertz CT molecular complexity index is 492. The highest BCUT2D eigenvalue weighted by molar-refractivity contribution is 5.79. The van der Waals surface area contributed by atoms with Crippen LogP contribution in [0, 0.1) is 12.7 Å². The van der Waals surface area contributed by atoms with Crippen LogP contribution in [0.2, 0.25) is 0 Å². The van der Waals surface area contributed by atoms with Crippen LogP contribution in [0.25, 0.3) is 0 Å². The van der Waals surface area contributed by atoms with Crippen molar-refractivity contribution in [3.05, 3.63) is 35.1 Å². The summed E-state index contributed by atoms with van der Waals surface area (Å²) in [5.74, 6) is 0.605. The maximum absolute atomic E-state index is 13.1. The van der Waals surface area contributed by atoms with E-state index in [1.54, 1.807) is 13.1 Å². The Labute approximate surface area is 133 Å². The third-order valence-electron chi connectivity index (χ3n) is 3.29. The van der Waals surface area contributed by atoms with Crippen molar-refractivity contribution in [2.24, 2.45) is 4.99 Å². The molecule has 3 N–H and O–H groups in total. The molecule has 0 heterocycles. The van der Waals surface area contributed by atoms with Crippen LogP contribution >= 0.6 is 0 Å². The first kappa shape index (κ1) is 18.4. The molecule has 0 bridgehead atoms. The third-order valence-corrected chi connectivity index (χ3v) is 3.29. The van der Waals surface area contributed by atoms with Crippen molar-refractivity contribution in [2.45, 2.75) is 39.7 Å². The molecule has 1 rings (SSSR count). The maximum atomic E-state index is 13.1. The molecule has 5 heteroatoms. The van der Waals surface area contributed by atoms with E-state index in [0.29, 0.717) is 0 Å². The number of nitrogens with zero attached hydrogens (tertiary/aromatic N) is 1. The molecule has 0 fully saturated rings. The number of hydrogen-bond donors (Lipinski definition) is 3. The molecular formula is C17H29FN4. The smallest absolute Gasteiger partial charge is 0.191 e. The van der Waals surface area contributed by atoms with Crippen molar-refractivity contribution in [1.82, 2.24) is 16.0 Å². The Kier molecular flexibility index (Phi) is 7.32. The first-order valence-electron chi connectivity index (χ1n) is 7.76. The van der Waals surface area contributed by atoms with Gasteiger partial charge in [0.2, 0.25) is 0 Å². The Hall–Kier alpha value is -1.62. The van der Waals surface area contributed by atoms with E-state index < -0.39 is 0 Å². The normalized spacial score (nSPS) is 12.4. The van der Waals surface area contributed by atoms with Gasteiger partial charge in [-0.2, -0.15) is 0 Å². The van der Waals surface area contributed by atoms with E-state index in [9.17, 15) is 4.39 Å². The predicted molar refractivity (Wildman–Crippen MR) is 92.0 cm³/mol. The summed E-state index contributed by atoms with van der Waals surface area (Å²) in [6, 6.07) is 4.92. The fourth-order valence-corrected chi connectivity index (χ4v) is 2.09. The van der Waals surface area contributed by atoms with Gasteiger partial charge in [0, 0.05) is 32.2 Å². The van der Waals surface area contributed by atoms with Crippen molar-refractivity contribution in [3.8, 4) is 0 Å². The molecule has 0 spiro atoms. The zero-order valence-corrected chi connectivity index (χ0v) is 14.4. The largest absolute Gasteiger partial charge is 0.356 e. The van der Waals surface area contributed by atoms with Gasteiger partial charge in [0.05, 0.1) is 0 Å². The minimum absolute atomic E-state index is 0.124. The summed E-state index contributed by atoms with van der Waals surface area (Å²) in [6.45, 7) is 10.8. The summed E-state index contributed by atoms with van der Waals surface area (Å²) < 4.78 is 13.1. The van der Waals surface area contributed by atoms with Gasteiger partial charge in [-0.3, -0.25) is 4.99 Å². The summed E-state index contributed by atoms with van der Waals surface area (Å²) in [4.78, 5) is 4.20. The second-order valence-corrected chi connectivity index (χ2v) is 6.42. The third kappa shape index (κ3) is 7.41. The molecule has 0 unspecified atom stereocenters. The summed E-state index contributed by atoms with van der Waals surface area (Å²) in [7, 11) is 1.76. The van der Waals surface area contributed by atoms with Gasteiger partial charge in [-0.05, 0) is 57.4 Å². The standard InChI is InChI=1S/C17H29FN4/c1-13-12-15(18)7-6-14(13)8-9-20-16(19-5)21-10-11-22-17(2,3)4/h6-7,12,22H,8-11H2,1-5H3,(H2,19,20,21). The lowest BCUT2D eigenvalue weighted by Crippen LogP contribution is -2.44. The van der Waals surface area contributed by atoms with E-state index in [4.69, 9.17) is 0 Å². The number of hydrogen-bond acceptors (Lipinski definition) is 2. The average molecular weight is 308 g/mol. The lowest BCUT2D eigenvalue weighted by atomic mass is 10.1. The van der Waals surface area contributed by atoms with Gasteiger partial charge >= 0.3 is 0 Å². The number of aliphatic imine (C=N–C) groups is 1. The molecule has 0 aromatic heterocycles. The molecular weight excluding hydrogens is 279 g/mol. The zero-order chi connectivity index (χ0) is 16.6. The van der Waals surface area contributed by atoms with Crippen LogP contribution in [-0.2, 0) is 6.42 Å². The summed E-state index contributed by atoms with van der Waals surface area (Å²) in [5, 5.41) is 9.96. The topological polar surface area (TPSA) is 48.5 Å². The van der Waals surface area contributed by atoms with E-state index in [1.807, 2.05) is 13.0 Å².